The van der Waals surface area contributed by atoms with Crippen molar-refractivity contribution in [1.82, 2.24) is 0 Å². The van der Waals surface area contributed by atoms with Gasteiger partial charge in [-0.2, -0.15) is 0 Å². The third-order valence-corrected chi connectivity index (χ3v) is 10.6. The first-order valence-corrected chi connectivity index (χ1v) is 23.5. The highest BCUT2D eigenvalue weighted by Gasteiger charge is 2.19. The molecule has 1 unspecified atom stereocenters. The minimum absolute atomic E-state index is 0.0628. The Bertz CT molecular complexity index is 783. The Hall–Kier alpha value is -1.59. The van der Waals surface area contributed by atoms with Crippen molar-refractivity contribution < 1.29 is 28.6 Å². The largest absolute Gasteiger partial charge is 0.462 e. The molecule has 0 rings (SSSR count). The molecule has 6 heteroatoms. The molecule has 0 bridgehead atoms. The van der Waals surface area contributed by atoms with Gasteiger partial charge >= 0.3 is 17.9 Å². The second-order valence-electron chi connectivity index (χ2n) is 16.0. The highest BCUT2D eigenvalue weighted by atomic mass is 16.6. The van der Waals surface area contributed by atoms with Crippen LogP contribution in [0.3, 0.4) is 0 Å². The summed E-state index contributed by atoms with van der Waals surface area (Å²) in [6.45, 7) is 6.63. The highest BCUT2D eigenvalue weighted by Crippen LogP contribution is 2.16. The molecule has 0 N–H and O–H groups in total. The van der Waals surface area contributed by atoms with E-state index in [0.29, 0.717) is 19.3 Å². The van der Waals surface area contributed by atoms with Crippen molar-refractivity contribution in [2.45, 2.75) is 271 Å². The highest BCUT2D eigenvalue weighted by molar-refractivity contribution is 5.71. The number of hydrogen-bond donors (Lipinski definition) is 0. The maximum atomic E-state index is 12.7. The molecule has 0 aliphatic heterocycles. The molecule has 0 aliphatic rings. The lowest BCUT2D eigenvalue weighted by atomic mass is 10.0. The van der Waals surface area contributed by atoms with E-state index in [-0.39, 0.29) is 31.1 Å². The minimum Gasteiger partial charge on any atom is -0.462 e. The van der Waals surface area contributed by atoms with E-state index >= 15 is 0 Å². The molecule has 0 radical (unpaired) electrons. The second-order valence-corrected chi connectivity index (χ2v) is 16.0. The summed E-state index contributed by atoms with van der Waals surface area (Å²) in [6, 6.07) is 0. The molecule has 6 nitrogen and oxygen atoms in total. The Morgan fingerprint density at radius 1 is 0.302 bits per heavy atom. The van der Waals surface area contributed by atoms with Crippen molar-refractivity contribution in [2.24, 2.45) is 0 Å². The Labute approximate surface area is 329 Å². The van der Waals surface area contributed by atoms with Gasteiger partial charge in [0.15, 0.2) is 6.10 Å². The molecular formula is C47H90O6. The quantitative estimate of drug-likeness (QED) is 0.0351. The third-order valence-electron chi connectivity index (χ3n) is 10.6. The van der Waals surface area contributed by atoms with Gasteiger partial charge in [0.05, 0.1) is 0 Å². The van der Waals surface area contributed by atoms with Crippen LogP contribution in [0, 0.1) is 0 Å². The Morgan fingerprint density at radius 2 is 0.509 bits per heavy atom. The van der Waals surface area contributed by atoms with Crippen LogP contribution in [-0.4, -0.2) is 37.2 Å². The van der Waals surface area contributed by atoms with Crippen molar-refractivity contribution in [1.29, 1.82) is 0 Å². The molecule has 0 aliphatic carbocycles. The predicted molar refractivity (Wildman–Crippen MR) is 224 cm³/mol. The zero-order valence-electron chi connectivity index (χ0n) is 35.8. The zero-order chi connectivity index (χ0) is 38.7. The molecule has 0 aromatic rings. The topological polar surface area (TPSA) is 78.9 Å². The predicted octanol–water partition coefficient (Wildman–Crippen LogP) is 14.9. The molecule has 0 spiro atoms. The lowest BCUT2D eigenvalue weighted by Crippen LogP contribution is -2.30. The summed E-state index contributed by atoms with van der Waals surface area (Å²) >= 11 is 0. The Kier molecular flexibility index (Phi) is 41.8. The zero-order valence-corrected chi connectivity index (χ0v) is 35.8. The van der Waals surface area contributed by atoms with Gasteiger partial charge in [-0.3, -0.25) is 14.4 Å². The Balaban J connectivity index is 4.24. The molecule has 0 aromatic carbocycles. The van der Waals surface area contributed by atoms with Crippen LogP contribution in [0.4, 0.5) is 0 Å². The van der Waals surface area contributed by atoms with Crippen molar-refractivity contribution in [3.05, 3.63) is 0 Å². The molecule has 53 heavy (non-hydrogen) atoms. The lowest BCUT2D eigenvalue weighted by molar-refractivity contribution is -0.167. The molecule has 0 saturated heterocycles. The van der Waals surface area contributed by atoms with Gasteiger partial charge in [-0.05, 0) is 19.3 Å². The molecule has 0 fully saturated rings. The van der Waals surface area contributed by atoms with Crippen LogP contribution >= 0.6 is 0 Å². The molecule has 0 heterocycles. The molecule has 0 saturated carbocycles. The molecule has 0 amide bonds. The van der Waals surface area contributed by atoms with E-state index in [1.54, 1.807) is 0 Å². The van der Waals surface area contributed by atoms with E-state index in [9.17, 15) is 14.4 Å². The van der Waals surface area contributed by atoms with Gasteiger partial charge in [0.1, 0.15) is 13.2 Å². The van der Waals surface area contributed by atoms with Crippen LogP contribution < -0.4 is 0 Å². The van der Waals surface area contributed by atoms with Gasteiger partial charge in [-0.15, -0.1) is 0 Å². The third kappa shape index (κ3) is 41.4. The average Bonchev–Trinajstić information content (AvgIpc) is 3.15. The fourth-order valence-corrected chi connectivity index (χ4v) is 7.03. The first-order chi connectivity index (χ1) is 26.0. The standard InChI is InChI=1S/C47H90O6/c1-4-7-10-13-16-19-21-22-23-24-25-27-28-31-34-37-40-46(49)52-43-44(42-51-45(48)39-36-33-30-18-15-12-9-6-3)53-47(50)41-38-35-32-29-26-20-17-14-11-8-5-2/h44H,4-43H2,1-3H3. The first kappa shape index (κ1) is 51.4. The fourth-order valence-electron chi connectivity index (χ4n) is 7.03. The fraction of sp³-hybridized carbons (Fsp3) is 0.936. The molecular weight excluding hydrogens is 661 g/mol. The van der Waals surface area contributed by atoms with E-state index < -0.39 is 6.10 Å². The average molecular weight is 751 g/mol. The van der Waals surface area contributed by atoms with Crippen LogP contribution in [0.25, 0.3) is 0 Å². The van der Waals surface area contributed by atoms with Crippen molar-refractivity contribution >= 4 is 17.9 Å². The summed E-state index contributed by atoms with van der Waals surface area (Å²) in [5.41, 5.74) is 0. The summed E-state index contributed by atoms with van der Waals surface area (Å²) in [4.78, 5) is 37.6. The summed E-state index contributed by atoms with van der Waals surface area (Å²) in [5, 5.41) is 0. The van der Waals surface area contributed by atoms with E-state index in [0.717, 1.165) is 57.8 Å². The number of ether oxygens (including phenoxy) is 3. The SMILES string of the molecule is CCCCCCCCCCCCCCCCCCC(=O)OCC(COC(=O)CCCCCCCCCC)OC(=O)CCCCCCCCCCCCC. The van der Waals surface area contributed by atoms with E-state index in [1.165, 1.54) is 167 Å². The normalized spacial score (nSPS) is 11.8. The summed E-state index contributed by atoms with van der Waals surface area (Å²) < 4.78 is 16.7. The number of carbonyl (C=O) groups is 3. The Morgan fingerprint density at radius 3 is 0.755 bits per heavy atom. The van der Waals surface area contributed by atoms with Gasteiger partial charge in [0, 0.05) is 19.3 Å². The lowest BCUT2D eigenvalue weighted by Gasteiger charge is -2.18. The summed E-state index contributed by atoms with van der Waals surface area (Å²) in [5.74, 6) is -0.854. The number of hydrogen-bond acceptors (Lipinski definition) is 6. The van der Waals surface area contributed by atoms with Gasteiger partial charge in [0.2, 0.25) is 0 Å². The van der Waals surface area contributed by atoms with Gasteiger partial charge < -0.3 is 14.2 Å². The number of carbonyl (C=O) groups excluding carboxylic acids is 3. The molecule has 0 aromatic heterocycles. The molecule has 314 valence electrons. The number of rotatable bonds is 43. The van der Waals surface area contributed by atoms with Crippen molar-refractivity contribution in [3.8, 4) is 0 Å². The van der Waals surface area contributed by atoms with Crippen LogP contribution in [0.5, 0.6) is 0 Å². The van der Waals surface area contributed by atoms with Crippen LogP contribution in [0.15, 0.2) is 0 Å². The first-order valence-electron chi connectivity index (χ1n) is 23.5. The van der Waals surface area contributed by atoms with Crippen LogP contribution in [0.2, 0.25) is 0 Å². The van der Waals surface area contributed by atoms with Crippen LogP contribution in [-0.2, 0) is 28.6 Å². The van der Waals surface area contributed by atoms with E-state index in [2.05, 4.69) is 20.8 Å². The summed E-state index contributed by atoms with van der Waals surface area (Å²) in [6.07, 6.45) is 43.7. The summed E-state index contributed by atoms with van der Waals surface area (Å²) in [7, 11) is 0. The number of esters is 3. The van der Waals surface area contributed by atoms with E-state index in [4.69, 9.17) is 14.2 Å². The minimum atomic E-state index is -0.757. The van der Waals surface area contributed by atoms with Gasteiger partial charge in [0.25, 0.3) is 0 Å². The monoisotopic (exact) mass is 751 g/mol. The smallest absolute Gasteiger partial charge is 0.306 e. The maximum absolute atomic E-state index is 12.7. The van der Waals surface area contributed by atoms with Crippen molar-refractivity contribution in [2.75, 3.05) is 13.2 Å². The van der Waals surface area contributed by atoms with E-state index in [1.807, 2.05) is 0 Å². The van der Waals surface area contributed by atoms with Crippen molar-refractivity contribution in [3.63, 3.8) is 0 Å². The van der Waals surface area contributed by atoms with Gasteiger partial charge in [-0.1, -0.05) is 226 Å². The maximum Gasteiger partial charge on any atom is 0.306 e. The van der Waals surface area contributed by atoms with Gasteiger partial charge in [-0.25, -0.2) is 0 Å². The van der Waals surface area contributed by atoms with Crippen LogP contribution in [0.1, 0.15) is 265 Å². The second kappa shape index (κ2) is 43.1. The molecule has 1 atom stereocenters. The number of unbranched alkanes of at least 4 members (excludes halogenated alkanes) is 32.